The molecule has 0 fully saturated rings. The van der Waals surface area contributed by atoms with Crippen molar-refractivity contribution in [3.05, 3.63) is 78.0 Å². The van der Waals surface area contributed by atoms with Crippen molar-refractivity contribution in [2.24, 2.45) is 0 Å². The quantitative estimate of drug-likeness (QED) is 0.762. The van der Waals surface area contributed by atoms with E-state index in [4.69, 9.17) is 0 Å². The summed E-state index contributed by atoms with van der Waals surface area (Å²) < 4.78 is 0. The third kappa shape index (κ3) is 3.73. The molecule has 1 aromatic heterocycles. The number of aromatic nitrogens is 1. The van der Waals surface area contributed by atoms with Gasteiger partial charge in [-0.2, -0.15) is 0 Å². The third-order valence-electron chi connectivity index (χ3n) is 3.78. The Morgan fingerprint density at radius 2 is 1.78 bits per heavy atom. The molecule has 4 heteroatoms. The molecule has 0 spiro atoms. The van der Waals surface area contributed by atoms with Gasteiger partial charge in [-0.1, -0.05) is 48.5 Å². The van der Waals surface area contributed by atoms with Gasteiger partial charge in [-0.05, 0) is 23.3 Å². The van der Waals surface area contributed by atoms with Crippen molar-refractivity contribution in [3.63, 3.8) is 0 Å². The van der Waals surface area contributed by atoms with E-state index in [1.54, 1.807) is 6.20 Å². The van der Waals surface area contributed by atoms with E-state index in [0.717, 1.165) is 22.0 Å². The lowest BCUT2D eigenvalue weighted by molar-refractivity contribution is -0.123. The van der Waals surface area contributed by atoms with E-state index in [1.807, 2.05) is 60.7 Å². The summed E-state index contributed by atoms with van der Waals surface area (Å²) in [7, 11) is 0. The van der Waals surface area contributed by atoms with E-state index in [2.05, 4.69) is 10.3 Å². The number of aliphatic hydroxyl groups excluding tert-OH is 1. The average Bonchev–Trinajstić information content (AvgIpc) is 2.60. The van der Waals surface area contributed by atoms with Crippen LogP contribution in [-0.2, 0) is 11.3 Å². The van der Waals surface area contributed by atoms with E-state index in [-0.39, 0.29) is 12.3 Å². The molecule has 3 aromatic rings. The highest BCUT2D eigenvalue weighted by Gasteiger charge is 2.12. The van der Waals surface area contributed by atoms with Gasteiger partial charge in [0.05, 0.1) is 18.0 Å². The van der Waals surface area contributed by atoms with Crippen LogP contribution in [0.2, 0.25) is 0 Å². The van der Waals surface area contributed by atoms with Crippen molar-refractivity contribution >= 4 is 16.8 Å². The van der Waals surface area contributed by atoms with Crippen LogP contribution in [0.3, 0.4) is 0 Å². The van der Waals surface area contributed by atoms with E-state index >= 15 is 0 Å². The number of para-hydroxylation sites is 1. The number of amides is 1. The first-order chi connectivity index (χ1) is 11.2. The Bertz CT molecular complexity index is 797. The summed E-state index contributed by atoms with van der Waals surface area (Å²) in [6, 6.07) is 18.9. The summed E-state index contributed by atoms with van der Waals surface area (Å²) in [4.78, 5) is 16.4. The van der Waals surface area contributed by atoms with Crippen LogP contribution < -0.4 is 5.32 Å². The lowest BCUT2D eigenvalue weighted by atomic mass is 10.1. The monoisotopic (exact) mass is 306 g/mol. The van der Waals surface area contributed by atoms with Crippen molar-refractivity contribution < 1.29 is 9.90 Å². The van der Waals surface area contributed by atoms with Gasteiger partial charge in [-0.25, -0.2) is 0 Å². The van der Waals surface area contributed by atoms with Gasteiger partial charge >= 0.3 is 0 Å². The molecule has 0 bridgehead atoms. The van der Waals surface area contributed by atoms with Crippen molar-refractivity contribution in [3.8, 4) is 0 Å². The molecule has 1 amide bonds. The Hall–Kier alpha value is -2.72. The van der Waals surface area contributed by atoms with Gasteiger partial charge in [0.15, 0.2) is 0 Å². The highest BCUT2D eigenvalue weighted by molar-refractivity contribution is 5.83. The van der Waals surface area contributed by atoms with Gasteiger partial charge < -0.3 is 10.4 Å². The number of carbonyl (C=O) groups is 1. The zero-order chi connectivity index (χ0) is 16.1. The predicted molar refractivity (Wildman–Crippen MR) is 89.6 cm³/mol. The molecule has 2 aromatic carbocycles. The lowest BCUT2D eigenvalue weighted by Crippen LogP contribution is -2.24. The molecule has 3 rings (SSSR count). The van der Waals surface area contributed by atoms with Gasteiger partial charge in [0.25, 0.3) is 0 Å². The van der Waals surface area contributed by atoms with Crippen LogP contribution in [0.4, 0.5) is 0 Å². The highest BCUT2D eigenvalue weighted by atomic mass is 16.3. The van der Waals surface area contributed by atoms with Crippen molar-refractivity contribution in [2.75, 3.05) is 0 Å². The summed E-state index contributed by atoms with van der Waals surface area (Å²) in [6.07, 6.45) is 1.00. The number of hydrogen-bond donors (Lipinski definition) is 2. The second kappa shape index (κ2) is 7.03. The summed E-state index contributed by atoms with van der Waals surface area (Å²) >= 11 is 0. The molecule has 23 heavy (non-hydrogen) atoms. The predicted octanol–water partition coefficient (Wildman–Crippen LogP) is 2.97. The molecule has 1 unspecified atom stereocenters. The fraction of sp³-hybridized carbons (Fsp3) is 0.158. The second-order valence-corrected chi connectivity index (χ2v) is 5.39. The fourth-order valence-corrected chi connectivity index (χ4v) is 2.54. The van der Waals surface area contributed by atoms with Crippen molar-refractivity contribution in [1.82, 2.24) is 10.3 Å². The number of aliphatic hydroxyl groups is 1. The Kier molecular flexibility index (Phi) is 4.64. The lowest BCUT2D eigenvalue weighted by Gasteiger charge is -2.12. The van der Waals surface area contributed by atoms with Crippen LogP contribution in [0, 0.1) is 0 Å². The summed E-state index contributed by atoms with van der Waals surface area (Å²) in [6.45, 7) is 0.420. The average molecular weight is 306 g/mol. The van der Waals surface area contributed by atoms with E-state index in [0.29, 0.717) is 6.54 Å². The molecule has 0 aliphatic carbocycles. The number of rotatable bonds is 5. The normalized spacial score (nSPS) is 12.0. The number of nitrogens with zero attached hydrogens (tertiary/aromatic N) is 1. The number of pyridine rings is 1. The number of carbonyl (C=O) groups excluding carboxylic acids is 1. The number of fused-ring (bicyclic) bond motifs is 1. The summed E-state index contributed by atoms with van der Waals surface area (Å²) in [5, 5.41) is 14.0. The minimum Gasteiger partial charge on any atom is -0.388 e. The highest BCUT2D eigenvalue weighted by Crippen LogP contribution is 2.17. The molecular weight excluding hydrogens is 288 g/mol. The molecule has 1 heterocycles. The molecule has 1 atom stereocenters. The van der Waals surface area contributed by atoms with E-state index in [9.17, 15) is 9.90 Å². The topological polar surface area (TPSA) is 62.2 Å². The zero-order valence-electron chi connectivity index (χ0n) is 12.6. The Labute approximate surface area is 134 Å². The maximum atomic E-state index is 12.0. The van der Waals surface area contributed by atoms with E-state index in [1.165, 1.54) is 0 Å². The number of hydrogen-bond acceptors (Lipinski definition) is 3. The standard InChI is InChI=1S/C19H18N2O2/c22-18(14-6-2-1-3-7-14)12-19(23)21-13-15-10-11-20-17-9-5-4-8-16(15)17/h1-11,18,22H,12-13H2,(H,21,23). The van der Waals surface area contributed by atoms with Gasteiger partial charge in [0.2, 0.25) is 5.91 Å². The fourth-order valence-electron chi connectivity index (χ4n) is 2.54. The first kappa shape index (κ1) is 15.2. The molecule has 0 saturated carbocycles. The Morgan fingerprint density at radius 1 is 1.04 bits per heavy atom. The van der Waals surface area contributed by atoms with Gasteiger partial charge in [0.1, 0.15) is 0 Å². The molecular formula is C19H18N2O2. The summed E-state index contributed by atoms with van der Waals surface area (Å²) in [5.74, 6) is -0.178. The van der Waals surface area contributed by atoms with Crippen molar-refractivity contribution in [1.29, 1.82) is 0 Å². The Morgan fingerprint density at radius 3 is 2.61 bits per heavy atom. The van der Waals surface area contributed by atoms with Crippen LogP contribution in [0.5, 0.6) is 0 Å². The first-order valence-corrected chi connectivity index (χ1v) is 7.56. The van der Waals surface area contributed by atoms with Gasteiger partial charge in [-0.3, -0.25) is 9.78 Å². The Balaban J connectivity index is 1.62. The molecule has 0 saturated heterocycles. The van der Waals surface area contributed by atoms with Crippen LogP contribution in [0.25, 0.3) is 10.9 Å². The number of benzene rings is 2. The number of nitrogens with one attached hydrogen (secondary N) is 1. The molecule has 0 aliphatic rings. The molecule has 116 valence electrons. The minimum atomic E-state index is -0.787. The molecule has 0 aliphatic heterocycles. The minimum absolute atomic E-state index is 0.0486. The van der Waals surface area contributed by atoms with Crippen LogP contribution >= 0.6 is 0 Å². The molecule has 2 N–H and O–H groups in total. The van der Waals surface area contributed by atoms with Crippen LogP contribution in [0.1, 0.15) is 23.7 Å². The van der Waals surface area contributed by atoms with Crippen LogP contribution in [-0.4, -0.2) is 16.0 Å². The zero-order valence-corrected chi connectivity index (χ0v) is 12.6. The smallest absolute Gasteiger partial charge is 0.223 e. The van der Waals surface area contributed by atoms with E-state index < -0.39 is 6.10 Å². The maximum Gasteiger partial charge on any atom is 0.223 e. The molecule has 0 radical (unpaired) electrons. The van der Waals surface area contributed by atoms with Gasteiger partial charge in [-0.15, -0.1) is 0 Å². The first-order valence-electron chi connectivity index (χ1n) is 7.56. The SMILES string of the molecule is O=C(CC(O)c1ccccc1)NCc1ccnc2ccccc12. The van der Waals surface area contributed by atoms with Gasteiger partial charge in [0, 0.05) is 18.1 Å². The molecule has 4 nitrogen and oxygen atoms in total. The summed E-state index contributed by atoms with van der Waals surface area (Å²) in [5.41, 5.74) is 2.67. The third-order valence-corrected chi connectivity index (χ3v) is 3.78. The largest absolute Gasteiger partial charge is 0.388 e. The van der Waals surface area contributed by atoms with Crippen molar-refractivity contribution in [2.45, 2.75) is 19.1 Å². The second-order valence-electron chi connectivity index (χ2n) is 5.39. The maximum absolute atomic E-state index is 12.0. The van der Waals surface area contributed by atoms with Crippen LogP contribution in [0.15, 0.2) is 66.9 Å².